The fourth-order valence-corrected chi connectivity index (χ4v) is 5.77. The average molecular weight is 647 g/mol. The molecular weight excluding hydrogens is 602 g/mol. The van der Waals surface area contributed by atoms with E-state index in [2.05, 4.69) is 10.5 Å². The van der Waals surface area contributed by atoms with Crippen LogP contribution in [0.3, 0.4) is 0 Å². The summed E-state index contributed by atoms with van der Waals surface area (Å²) in [6.45, 7) is 11.4. The van der Waals surface area contributed by atoms with Gasteiger partial charge in [-0.3, -0.25) is 4.79 Å². The van der Waals surface area contributed by atoms with Crippen LogP contribution in [0.4, 0.5) is 8.78 Å². The van der Waals surface area contributed by atoms with Crippen molar-refractivity contribution in [2.75, 3.05) is 19.6 Å². The number of nitrogens with one attached hydrogen (secondary N) is 1. The molecule has 3 N–H and O–H groups in total. The Bertz CT molecular complexity index is 1640. The average Bonchev–Trinajstić information content (AvgIpc) is 3.36. The number of aryl methyl sites for hydroxylation is 3. The first-order valence-corrected chi connectivity index (χ1v) is 16.0. The molecule has 0 aliphatic carbocycles. The largest absolute Gasteiger partial charge is 0.456 e. The number of amides is 1. The predicted molar refractivity (Wildman–Crippen MR) is 178 cm³/mol. The summed E-state index contributed by atoms with van der Waals surface area (Å²) in [7, 11) is 0. The Morgan fingerprint density at radius 3 is 2.26 bits per heavy atom. The lowest BCUT2D eigenvalue weighted by Gasteiger charge is -2.25. The SMILES string of the molecule is CCCN(CCC)C(=O)c1cc(C)cc(C(=O)O[C@H](CNCc2cccc(-c3c(C)noc3C)c2)[C@@H](N)Cc2cc(F)cc(F)c2)c1. The summed E-state index contributed by atoms with van der Waals surface area (Å²) in [5, 5.41) is 7.38. The smallest absolute Gasteiger partial charge is 0.338 e. The van der Waals surface area contributed by atoms with Gasteiger partial charge in [0.25, 0.3) is 5.91 Å². The molecule has 47 heavy (non-hydrogen) atoms. The number of halogens is 2. The molecule has 1 amide bonds. The number of ether oxygens (including phenoxy) is 1. The Kier molecular flexibility index (Phi) is 12.4. The quantitative estimate of drug-likeness (QED) is 0.139. The molecule has 0 bridgehead atoms. The van der Waals surface area contributed by atoms with E-state index < -0.39 is 29.7 Å². The van der Waals surface area contributed by atoms with Crippen LogP contribution in [0.1, 0.15) is 75.5 Å². The van der Waals surface area contributed by atoms with Crippen LogP contribution < -0.4 is 11.1 Å². The Morgan fingerprint density at radius 1 is 0.936 bits per heavy atom. The number of nitrogens with two attached hydrogens (primary N) is 1. The van der Waals surface area contributed by atoms with Crippen LogP contribution in [-0.4, -0.2) is 53.7 Å². The lowest BCUT2D eigenvalue weighted by atomic mass is 10.0. The molecular formula is C37H44F2N4O4. The molecule has 2 atom stereocenters. The van der Waals surface area contributed by atoms with Crippen LogP contribution in [-0.2, 0) is 17.7 Å². The molecule has 0 radical (unpaired) electrons. The lowest BCUT2D eigenvalue weighted by molar-refractivity contribution is 0.0238. The van der Waals surface area contributed by atoms with Crippen LogP contribution in [0.2, 0.25) is 0 Å². The number of carbonyl (C=O) groups is 2. The van der Waals surface area contributed by atoms with Crippen molar-refractivity contribution >= 4 is 11.9 Å². The van der Waals surface area contributed by atoms with Crippen LogP contribution in [0.15, 0.2) is 65.2 Å². The second kappa shape index (κ2) is 16.4. The van der Waals surface area contributed by atoms with Crippen LogP contribution in [0.25, 0.3) is 11.1 Å². The fourth-order valence-electron chi connectivity index (χ4n) is 5.77. The van der Waals surface area contributed by atoms with Crippen LogP contribution in [0, 0.1) is 32.4 Å². The van der Waals surface area contributed by atoms with Gasteiger partial charge in [-0.05, 0) is 98.7 Å². The standard InChI is InChI=1S/C37H44F2N4O4/c1-6-11-43(12-7-2)36(44)29-13-23(3)14-30(19-29)37(45)46-34(33(40)18-27-16-31(38)20-32(39)17-27)22-41-21-26-9-8-10-28(15-26)35-24(4)42-47-25(35)5/h8-10,13-17,19-20,33-34,41H,6-7,11-12,18,21-22,40H2,1-5H3/t33-,34+/m0/s1. The third-order valence-electron chi connectivity index (χ3n) is 7.89. The normalized spacial score (nSPS) is 12.5. The molecule has 0 spiro atoms. The molecule has 0 unspecified atom stereocenters. The van der Waals surface area contributed by atoms with Gasteiger partial charge in [0.1, 0.15) is 23.5 Å². The number of aromatic nitrogens is 1. The first kappa shape index (κ1) is 35.4. The fraction of sp³-hybridized carbons (Fsp3) is 0.378. The van der Waals surface area contributed by atoms with Gasteiger partial charge in [0.05, 0.1) is 11.3 Å². The van der Waals surface area contributed by atoms with Crippen molar-refractivity contribution in [3.8, 4) is 11.1 Å². The Balaban J connectivity index is 1.54. The van der Waals surface area contributed by atoms with Crippen molar-refractivity contribution in [1.29, 1.82) is 0 Å². The monoisotopic (exact) mass is 646 g/mol. The van der Waals surface area contributed by atoms with Gasteiger partial charge in [-0.2, -0.15) is 0 Å². The number of benzene rings is 3. The topological polar surface area (TPSA) is 111 Å². The molecule has 4 rings (SSSR count). The molecule has 8 nitrogen and oxygen atoms in total. The van der Waals surface area contributed by atoms with E-state index >= 15 is 0 Å². The molecule has 4 aromatic rings. The maximum Gasteiger partial charge on any atom is 0.338 e. The first-order valence-electron chi connectivity index (χ1n) is 16.0. The highest BCUT2D eigenvalue weighted by atomic mass is 19.1. The molecule has 1 aromatic heterocycles. The number of nitrogens with zero attached hydrogens (tertiary/aromatic N) is 2. The van der Waals surface area contributed by atoms with Gasteiger partial charge in [0.15, 0.2) is 0 Å². The lowest BCUT2D eigenvalue weighted by Crippen LogP contribution is -2.46. The van der Waals surface area contributed by atoms with Crippen LogP contribution >= 0.6 is 0 Å². The summed E-state index contributed by atoms with van der Waals surface area (Å²) >= 11 is 0. The zero-order valence-electron chi connectivity index (χ0n) is 27.7. The second-order valence-electron chi connectivity index (χ2n) is 12.0. The molecule has 0 aliphatic rings. The van der Waals surface area contributed by atoms with Crippen molar-refractivity contribution in [3.05, 3.63) is 112 Å². The van der Waals surface area contributed by atoms with Gasteiger partial charge in [0, 0.05) is 49.4 Å². The summed E-state index contributed by atoms with van der Waals surface area (Å²) in [5.41, 5.74) is 11.9. The molecule has 0 fully saturated rings. The highest BCUT2D eigenvalue weighted by molar-refractivity contribution is 5.98. The van der Waals surface area contributed by atoms with Crippen molar-refractivity contribution in [2.24, 2.45) is 5.73 Å². The first-order chi connectivity index (χ1) is 22.5. The van der Waals surface area contributed by atoms with E-state index in [-0.39, 0.29) is 24.4 Å². The van der Waals surface area contributed by atoms with Crippen molar-refractivity contribution in [1.82, 2.24) is 15.4 Å². The van der Waals surface area contributed by atoms with E-state index in [9.17, 15) is 18.4 Å². The van der Waals surface area contributed by atoms with Gasteiger partial charge in [0.2, 0.25) is 0 Å². The van der Waals surface area contributed by atoms with Crippen molar-refractivity contribution in [2.45, 2.75) is 72.6 Å². The summed E-state index contributed by atoms with van der Waals surface area (Å²) in [6.07, 6.45) is 0.837. The predicted octanol–water partition coefficient (Wildman–Crippen LogP) is 6.69. The number of carbonyl (C=O) groups excluding carboxylic acids is 2. The van der Waals surface area contributed by atoms with Crippen molar-refractivity contribution in [3.63, 3.8) is 0 Å². The zero-order valence-corrected chi connectivity index (χ0v) is 27.7. The van der Waals surface area contributed by atoms with E-state index in [4.69, 9.17) is 15.0 Å². The van der Waals surface area contributed by atoms with Crippen LogP contribution in [0.5, 0.6) is 0 Å². The van der Waals surface area contributed by atoms with E-state index in [1.54, 1.807) is 23.1 Å². The van der Waals surface area contributed by atoms with Gasteiger partial charge in [-0.1, -0.05) is 37.2 Å². The molecule has 0 aliphatic heterocycles. The molecule has 0 saturated carbocycles. The van der Waals surface area contributed by atoms with E-state index in [0.29, 0.717) is 30.8 Å². The van der Waals surface area contributed by atoms with Gasteiger partial charge >= 0.3 is 5.97 Å². The van der Waals surface area contributed by atoms with Gasteiger partial charge in [-0.15, -0.1) is 0 Å². The van der Waals surface area contributed by atoms with E-state index in [1.165, 1.54) is 12.1 Å². The third-order valence-corrected chi connectivity index (χ3v) is 7.89. The highest BCUT2D eigenvalue weighted by Gasteiger charge is 2.25. The molecule has 250 valence electrons. The Hall–Kier alpha value is -4.41. The second-order valence-corrected chi connectivity index (χ2v) is 12.0. The number of hydrogen-bond acceptors (Lipinski definition) is 7. The number of rotatable bonds is 15. The summed E-state index contributed by atoms with van der Waals surface area (Å²) < 4.78 is 39.2. The van der Waals surface area contributed by atoms with Crippen molar-refractivity contribution < 1.29 is 27.6 Å². The summed E-state index contributed by atoms with van der Waals surface area (Å²) in [6, 6.07) is 15.3. The molecule has 0 saturated heterocycles. The third kappa shape index (κ3) is 9.56. The minimum Gasteiger partial charge on any atom is -0.456 e. The van der Waals surface area contributed by atoms with Gasteiger partial charge in [-0.25, -0.2) is 13.6 Å². The minimum atomic E-state index is -0.865. The zero-order chi connectivity index (χ0) is 34.1. The number of esters is 1. The maximum absolute atomic E-state index is 14.0. The number of hydrogen-bond donors (Lipinski definition) is 2. The Labute approximate surface area is 275 Å². The van der Waals surface area contributed by atoms with E-state index in [1.807, 2.05) is 58.9 Å². The Morgan fingerprint density at radius 2 is 1.62 bits per heavy atom. The summed E-state index contributed by atoms with van der Waals surface area (Å²) in [4.78, 5) is 28.7. The van der Waals surface area contributed by atoms with E-state index in [0.717, 1.165) is 52.6 Å². The minimum absolute atomic E-state index is 0.0659. The maximum atomic E-state index is 14.0. The molecule has 3 aromatic carbocycles. The molecule has 1 heterocycles. The highest BCUT2D eigenvalue weighted by Crippen LogP contribution is 2.27. The van der Waals surface area contributed by atoms with Gasteiger partial charge < -0.3 is 25.2 Å². The molecule has 10 heteroatoms. The summed E-state index contributed by atoms with van der Waals surface area (Å²) in [5.74, 6) is -1.49.